The molecule has 1 aliphatic heterocycles. The van der Waals surface area contributed by atoms with Crippen molar-refractivity contribution in [1.29, 1.82) is 0 Å². The lowest BCUT2D eigenvalue weighted by molar-refractivity contribution is -0.121. The van der Waals surface area contributed by atoms with Gasteiger partial charge in [-0.05, 0) is 18.9 Å². The van der Waals surface area contributed by atoms with E-state index in [0.29, 0.717) is 25.5 Å². The third-order valence-corrected chi connectivity index (χ3v) is 5.62. The van der Waals surface area contributed by atoms with Crippen LogP contribution in [0.1, 0.15) is 25.3 Å². The Morgan fingerprint density at radius 3 is 2.64 bits per heavy atom. The lowest BCUT2D eigenvalue weighted by atomic mass is 10.2. The second kappa shape index (κ2) is 9.41. The number of nitrogens with one attached hydrogen (secondary N) is 3. The van der Waals surface area contributed by atoms with Gasteiger partial charge in [0.25, 0.3) is 0 Å². The molecule has 0 radical (unpaired) electrons. The number of carbonyl (C=O) groups is 1. The van der Waals surface area contributed by atoms with Crippen molar-refractivity contribution in [2.24, 2.45) is 4.99 Å². The zero-order chi connectivity index (χ0) is 18.1. The van der Waals surface area contributed by atoms with Gasteiger partial charge >= 0.3 is 0 Å². The average Bonchev–Trinajstić information content (AvgIpc) is 2.92. The molecule has 0 aromatic heterocycles. The summed E-state index contributed by atoms with van der Waals surface area (Å²) in [5.74, 6) is 0.719. The SMILES string of the molecule is CCNC(=NCc1ccccc1)NCCC(=O)NC1CCS(=O)(=O)C1. The molecule has 2 rings (SSSR count). The van der Waals surface area contributed by atoms with Crippen molar-refractivity contribution in [3.05, 3.63) is 35.9 Å². The van der Waals surface area contributed by atoms with Crippen LogP contribution in [0, 0.1) is 0 Å². The Balaban J connectivity index is 1.74. The third-order valence-electron chi connectivity index (χ3n) is 3.85. The van der Waals surface area contributed by atoms with Crippen molar-refractivity contribution >= 4 is 21.7 Å². The first kappa shape index (κ1) is 19.2. The van der Waals surface area contributed by atoms with Crippen molar-refractivity contribution < 1.29 is 13.2 Å². The molecular weight excluding hydrogens is 340 g/mol. The van der Waals surface area contributed by atoms with Crippen LogP contribution < -0.4 is 16.0 Å². The maximum absolute atomic E-state index is 11.9. The van der Waals surface area contributed by atoms with E-state index in [-0.39, 0.29) is 29.9 Å². The zero-order valence-electron chi connectivity index (χ0n) is 14.5. The highest BCUT2D eigenvalue weighted by atomic mass is 32.2. The summed E-state index contributed by atoms with van der Waals surface area (Å²) < 4.78 is 22.8. The number of amides is 1. The summed E-state index contributed by atoms with van der Waals surface area (Å²) in [5, 5.41) is 9.04. The normalized spacial score (nSPS) is 19.4. The van der Waals surface area contributed by atoms with Crippen molar-refractivity contribution in [3.8, 4) is 0 Å². The minimum atomic E-state index is -2.98. The topological polar surface area (TPSA) is 99.7 Å². The number of nitrogens with zero attached hydrogens (tertiary/aromatic N) is 1. The molecule has 25 heavy (non-hydrogen) atoms. The van der Waals surface area contributed by atoms with E-state index in [9.17, 15) is 13.2 Å². The van der Waals surface area contributed by atoms with Crippen LogP contribution in [0.4, 0.5) is 0 Å². The highest BCUT2D eigenvalue weighted by molar-refractivity contribution is 7.91. The van der Waals surface area contributed by atoms with Gasteiger partial charge in [0.1, 0.15) is 0 Å². The van der Waals surface area contributed by atoms with Crippen LogP contribution in [0.2, 0.25) is 0 Å². The summed E-state index contributed by atoms with van der Waals surface area (Å²) in [5.41, 5.74) is 1.11. The van der Waals surface area contributed by atoms with Crippen LogP contribution in [0.5, 0.6) is 0 Å². The first-order valence-electron chi connectivity index (χ1n) is 8.54. The molecule has 0 saturated carbocycles. The number of hydrogen-bond donors (Lipinski definition) is 3. The number of carbonyl (C=O) groups excluding carboxylic acids is 1. The summed E-state index contributed by atoms with van der Waals surface area (Å²) >= 11 is 0. The van der Waals surface area contributed by atoms with E-state index >= 15 is 0 Å². The molecule has 0 bridgehead atoms. The van der Waals surface area contributed by atoms with Gasteiger partial charge in [0.15, 0.2) is 15.8 Å². The zero-order valence-corrected chi connectivity index (χ0v) is 15.3. The maximum Gasteiger partial charge on any atom is 0.222 e. The Hall–Kier alpha value is -2.09. The van der Waals surface area contributed by atoms with Crippen molar-refractivity contribution in [2.75, 3.05) is 24.6 Å². The van der Waals surface area contributed by atoms with Gasteiger partial charge in [-0.25, -0.2) is 13.4 Å². The minimum absolute atomic E-state index is 0.0490. The quantitative estimate of drug-likeness (QED) is 0.480. The van der Waals surface area contributed by atoms with E-state index in [2.05, 4.69) is 20.9 Å². The average molecular weight is 366 g/mol. The molecule has 1 fully saturated rings. The molecule has 1 heterocycles. The molecule has 138 valence electrons. The monoisotopic (exact) mass is 366 g/mol. The van der Waals surface area contributed by atoms with E-state index < -0.39 is 9.84 Å². The molecule has 1 unspecified atom stereocenters. The molecule has 1 saturated heterocycles. The van der Waals surface area contributed by atoms with E-state index in [4.69, 9.17) is 0 Å². The molecule has 3 N–H and O–H groups in total. The number of aliphatic imine (C=N–C) groups is 1. The van der Waals surface area contributed by atoms with Crippen LogP contribution in [0.15, 0.2) is 35.3 Å². The van der Waals surface area contributed by atoms with Crippen LogP contribution in [0.3, 0.4) is 0 Å². The first-order chi connectivity index (χ1) is 12.0. The molecule has 1 amide bonds. The Bertz CT molecular complexity index is 689. The number of guanidine groups is 1. The predicted molar refractivity (Wildman–Crippen MR) is 99.1 cm³/mol. The largest absolute Gasteiger partial charge is 0.357 e. The highest BCUT2D eigenvalue weighted by Crippen LogP contribution is 2.11. The van der Waals surface area contributed by atoms with Gasteiger partial charge in [-0.2, -0.15) is 0 Å². The van der Waals surface area contributed by atoms with Crippen LogP contribution in [-0.2, 0) is 21.2 Å². The minimum Gasteiger partial charge on any atom is -0.357 e. The number of benzene rings is 1. The van der Waals surface area contributed by atoms with Gasteiger partial charge in [0.2, 0.25) is 5.91 Å². The molecule has 0 spiro atoms. The Kier molecular flexibility index (Phi) is 7.24. The first-order valence-corrected chi connectivity index (χ1v) is 10.4. The van der Waals surface area contributed by atoms with Crippen molar-refractivity contribution in [1.82, 2.24) is 16.0 Å². The molecule has 0 aliphatic carbocycles. The summed E-state index contributed by atoms with van der Waals surface area (Å²) in [6.07, 6.45) is 0.773. The third kappa shape index (κ3) is 7.13. The smallest absolute Gasteiger partial charge is 0.222 e. The summed E-state index contributed by atoms with van der Waals surface area (Å²) in [6.45, 7) is 3.70. The molecule has 1 atom stereocenters. The van der Waals surface area contributed by atoms with Crippen LogP contribution >= 0.6 is 0 Å². The van der Waals surface area contributed by atoms with E-state index in [1.165, 1.54) is 0 Å². The summed E-state index contributed by atoms with van der Waals surface area (Å²) in [6, 6.07) is 9.67. The van der Waals surface area contributed by atoms with Gasteiger partial charge in [0.05, 0.1) is 18.1 Å². The standard InChI is InChI=1S/C17H26N4O3S/c1-2-18-17(20-12-14-6-4-3-5-7-14)19-10-8-16(22)21-15-9-11-25(23,24)13-15/h3-7,15H,2,8-13H2,1H3,(H,21,22)(H2,18,19,20). The van der Waals surface area contributed by atoms with E-state index in [1.54, 1.807) is 0 Å². The molecule has 8 heteroatoms. The fourth-order valence-corrected chi connectivity index (χ4v) is 4.27. The second-order valence-corrected chi connectivity index (χ2v) is 8.25. The molecular formula is C17H26N4O3S. The lowest BCUT2D eigenvalue weighted by Gasteiger charge is -2.13. The van der Waals surface area contributed by atoms with Crippen LogP contribution in [0.25, 0.3) is 0 Å². The van der Waals surface area contributed by atoms with Crippen molar-refractivity contribution in [2.45, 2.75) is 32.4 Å². The molecule has 1 aromatic rings. The highest BCUT2D eigenvalue weighted by Gasteiger charge is 2.28. The maximum atomic E-state index is 11.9. The van der Waals surface area contributed by atoms with Gasteiger partial charge in [-0.3, -0.25) is 4.79 Å². The number of hydrogen-bond acceptors (Lipinski definition) is 4. The van der Waals surface area contributed by atoms with Crippen LogP contribution in [-0.4, -0.2) is 50.9 Å². The fraction of sp³-hybridized carbons (Fsp3) is 0.529. The van der Waals surface area contributed by atoms with Gasteiger partial charge in [-0.1, -0.05) is 30.3 Å². The Labute approximate surface area is 149 Å². The molecule has 1 aromatic carbocycles. The Morgan fingerprint density at radius 1 is 1.24 bits per heavy atom. The van der Waals surface area contributed by atoms with E-state index in [0.717, 1.165) is 12.1 Å². The number of rotatable bonds is 7. The Morgan fingerprint density at radius 2 is 2.00 bits per heavy atom. The predicted octanol–water partition coefficient (Wildman–Crippen LogP) is 0.435. The van der Waals surface area contributed by atoms with E-state index in [1.807, 2.05) is 37.3 Å². The fourth-order valence-electron chi connectivity index (χ4n) is 2.60. The van der Waals surface area contributed by atoms with Gasteiger partial charge in [-0.15, -0.1) is 0 Å². The summed E-state index contributed by atoms with van der Waals surface area (Å²) in [4.78, 5) is 16.4. The second-order valence-electron chi connectivity index (χ2n) is 6.03. The molecule has 1 aliphatic rings. The lowest BCUT2D eigenvalue weighted by Crippen LogP contribution is -2.41. The van der Waals surface area contributed by atoms with Gasteiger partial charge < -0.3 is 16.0 Å². The number of sulfone groups is 1. The summed E-state index contributed by atoms with van der Waals surface area (Å²) in [7, 11) is -2.98. The van der Waals surface area contributed by atoms with Gasteiger partial charge in [0, 0.05) is 25.6 Å². The van der Waals surface area contributed by atoms with Crippen molar-refractivity contribution in [3.63, 3.8) is 0 Å². The molecule has 7 nitrogen and oxygen atoms in total.